The Kier molecular flexibility index (Phi) is 2.68. The molecule has 0 unspecified atom stereocenters. The van der Waals surface area contributed by atoms with Gasteiger partial charge in [0, 0.05) is 11.3 Å². The first-order chi connectivity index (χ1) is 7.15. The molecule has 82 valence electrons. The lowest BCUT2D eigenvalue weighted by molar-refractivity contribution is 0.617. The van der Waals surface area contributed by atoms with E-state index in [-0.39, 0.29) is 16.5 Å². The van der Waals surface area contributed by atoms with Gasteiger partial charge in [-0.3, -0.25) is 0 Å². The molecule has 1 aliphatic carbocycles. The number of nitrogens with zero attached hydrogens (tertiary/aromatic N) is 2. The smallest absolute Gasteiger partial charge is 0.222 e. The molecule has 15 heavy (non-hydrogen) atoms. The van der Waals surface area contributed by atoms with Crippen LogP contribution in [0.15, 0.2) is 6.20 Å². The normalized spacial score (nSPS) is 17.5. The highest BCUT2D eigenvalue weighted by Crippen LogP contribution is 2.46. The number of nitrogens with two attached hydrogens (primary N) is 1. The zero-order valence-corrected chi connectivity index (χ0v) is 9.27. The molecule has 1 aromatic heterocycles. The summed E-state index contributed by atoms with van der Waals surface area (Å²) in [6, 6.07) is 0. The maximum atomic E-state index is 13.2. The second-order valence-electron chi connectivity index (χ2n) is 3.67. The number of rotatable bonds is 4. The molecule has 0 saturated heterocycles. The zero-order chi connectivity index (χ0) is 10.9. The quantitative estimate of drug-likeness (QED) is 0.817. The van der Waals surface area contributed by atoms with Crippen molar-refractivity contribution in [2.24, 2.45) is 0 Å². The van der Waals surface area contributed by atoms with Crippen LogP contribution in [-0.2, 0) is 0 Å². The van der Waals surface area contributed by atoms with Crippen LogP contribution in [-0.4, -0.2) is 27.5 Å². The highest BCUT2D eigenvalue weighted by molar-refractivity contribution is 8.00. The maximum absolute atomic E-state index is 13.2. The molecular weight excluding hydrogens is 215 g/mol. The SMILES string of the molecule is CSC1(CNc2nc(N)ncc2F)CC1. The second-order valence-corrected chi connectivity index (χ2v) is 4.94. The Labute approximate surface area is 91.9 Å². The van der Waals surface area contributed by atoms with E-state index in [2.05, 4.69) is 21.5 Å². The van der Waals surface area contributed by atoms with E-state index in [1.165, 1.54) is 12.8 Å². The third-order valence-electron chi connectivity index (χ3n) is 2.58. The van der Waals surface area contributed by atoms with E-state index in [0.717, 1.165) is 12.7 Å². The van der Waals surface area contributed by atoms with E-state index >= 15 is 0 Å². The fourth-order valence-electron chi connectivity index (χ4n) is 1.34. The molecule has 1 aromatic rings. The first kappa shape index (κ1) is 10.5. The molecule has 2 rings (SSSR count). The summed E-state index contributed by atoms with van der Waals surface area (Å²) < 4.78 is 13.5. The Hall–Kier alpha value is -1.04. The predicted octanol–water partition coefficient (Wildman–Crippen LogP) is 1.51. The fourth-order valence-corrected chi connectivity index (χ4v) is 2.07. The molecule has 1 heterocycles. The van der Waals surface area contributed by atoms with E-state index in [1.54, 1.807) is 0 Å². The van der Waals surface area contributed by atoms with Crippen molar-refractivity contribution in [1.82, 2.24) is 9.97 Å². The molecule has 3 N–H and O–H groups in total. The molecule has 1 fully saturated rings. The summed E-state index contributed by atoms with van der Waals surface area (Å²) in [6.45, 7) is 0.724. The Morgan fingerprint density at radius 3 is 3.00 bits per heavy atom. The monoisotopic (exact) mass is 228 g/mol. The van der Waals surface area contributed by atoms with Crippen molar-refractivity contribution in [2.45, 2.75) is 17.6 Å². The molecule has 6 heteroatoms. The summed E-state index contributed by atoms with van der Waals surface area (Å²) in [5.74, 6) is -0.170. The van der Waals surface area contributed by atoms with Crippen LogP contribution < -0.4 is 11.1 Å². The van der Waals surface area contributed by atoms with Crippen molar-refractivity contribution in [1.29, 1.82) is 0 Å². The van der Waals surface area contributed by atoms with Crippen molar-refractivity contribution < 1.29 is 4.39 Å². The Balaban J connectivity index is 2.01. The third-order valence-corrected chi connectivity index (χ3v) is 4.00. The number of nitrogens with one attached hydrogen (secondary N) is 1. The van der Waals surface area contributed by atoms with Gasteiger partial charge in [0.1, 0.15) is 0 Å². The molecule has 0 radical (unpaired) electrons. The van der Waals surface area contributed by atoms with Gasteiger partial charge in [0.25, 0.3) is 0 Å². The minimum absolute atomic E-state index is 0.0906. The summed E-state index contributed by atoms with van der Waals surface area (Å²) in [4.78, 5) is 7.38. The van der Waals surface area contributed by atoms with Crippen molar-refractivity contribution in [3.63, 3.8) is 0 Å². The summed E-state index contributed by atoms with van der Waals surface area (Å²) in [7, 11) is 0. The second kappa shape index (κ2) is 3.84. The van der Waals surface area contributed by atoms with E-state index in [9.17, 15) is 4.39 Å². The maximum Gasteiger partial charge on any atom is 0.222 e. The van der Waals surface area contributed by atoms with Crippen molar-refractivity contribution >= 4 is 23.5 Å². The number of thioether (sulfide) groups is 1. The molecule has 0 atom stereocenters. The molecule has 0 spiro atoms. The van der Waals surface area contributed by atoms with Crippen molar-refractivity contribution in [2.75, 3.05) is 23.9 Å². The Morgan fingerprint density at radius 2 is 2.40 bits per heavy atom. The largest absolute Gasteiger partial charge is 0.368 e. The first-order valence-corrected chi connectivity index (χ1v) is 5.95. The number of hydrogen-bond acceptors (Lipinski definition) is 5. The number of nitrogen functional groups attached to an aromatic ring is 1. The van der Waals surface area contributed by atoms with Gasteiger partial charge in [-0.1, -0.05) is 0 Å². The highest BCUT2D eigenvalue weighted by atomic mass is 32.2. The topological polar surface area (TPSA) is 63.8 Å². The van der Waals surface area contributed by atoms with Gasteiger partial charge in [-0.2, -0.15) is 16.7 Å². The van der Waals surface area contributed by atoms with Crippen molar-refractivity contribution in [3.05, 3.63) is 12.0 Å². The molecule has 1 saturated carbocycles. The Morgan fingerprint density at radius 1 is 1.67 bits per heavy atom. The summed E-state index contributed by atoms with van der Waals surface area (Å²) in [5.41, 5.74) is 5.38. The van der Waals surface area contributed by atoms with Gasteiger partial charge in [0.05, 0.1) is 6.20 Å². The molecule has 4 nitrogen and oxygen atoms in total. The van der Waals surface area contributed by atoms with Gasteiger partial charge in [0.15, 0.2) is 11.6 Å². The minimum Gasteiger partial charge on any atom is -0.368 e. The fraction of sp³-hybridized carbons (Fsp3) is 0.556. The van der Waals surface area contributed by atoms with Crippen molar-refractivity contribution in [3.8, 4) is 0 Å². The van der Waals surface area contributed by atoms with Crippen LogP contribution in [0.5, 0.6) is 0 Å². The van der Waals surface area contributed by atoms with Crippen LogP contribution in [0.1, 0.15) is 12.8 Å². The van der Waals surface area contributed by atoms with Gasteiger partial charge in [-0.25, -0.2) is 9.37 Å². The molecular formula is C9H13FN4S. The summed E-state index contributed by atoms with van der Waals surface area (Å²) in [6.07, 6.45) is 5.50. The van der Waals surface area contributed by atoms with E-state index < -0.39 is 5.82 Å². The van der Waals surface area contributed by atoms with E-state index in [4.69, 9.17) is 5.73 Å². The molecule has 0 aromatic carbocycles. The van der Waals surface area contributed by atoms with Crippen LogP contribution in [0.25, 0.3) is 0 Å². The number of anilines is 2. The molecule has 0 bridgehead atoms. The molecule has 1 aliphatic rings. The van der Waals surface area contributed by atoms with Gasteiger partial charge in [-0.05, 0) is 19.1 Å². The van der Waals surface area contributed by atoms with Crippen LogP contribution in [0.4, 0.5) is 16.2 Å². The minimum atomic E-state index is -0.457. The predicted molar refractivity (Wildman–Crippen MR) is 60.4 cm³/mol. The average Bonchev–Trinajstić information content (AvgIpc) is 3.00. The van der Waals surface area contributed by atoms with Gasteiger partial charge >= 0.3 is 0 Å². The number of hydrogen-bond donors (Lipinski definition) is 2. The van der Waals surface area contributed by atoms with E-state index in [0.29, 0.717) is 0 Å². The van der Waals surface area contributed by atoms with Gasteiger partial charge in [-0.15, -0.1) is 0 Å². The van der Waals surface area contributed by atoms with Crippen LogP contribution >= 0.6 is 11.8 Å². The average molecular weight is 228 g/mol. The van der Waals surface area contributed by atoms with E-state index in [1.807, 2.05) is 11.8 Å². The first-order valence-electron chi connectivity index (χ1n) is 4.72. The lowest BCUT2D eigenvalue weighted by Crippen LogP contribution is -2.19. The van der Waals surface area contributed by atoms with Crippen LogP contribution in [0.3, 0.4) is 0 Å². The van der Waals surface area contributed by atoms with Gasteiger partial charge in [0.2, 0.25) is 5.95 Å². The van der Waals surface area contributed by atoms with Crippen LogP contribution in [0.2, 0.25) is 0 Å². The van der Waals surface area contributed by atoms with Gasteiger partial charge < -0.3 is 11.1 Å². The lowest BCUT2D eigenvalue weighted by atomic mass is 10.4. The van der Waals surface area contributed by atoms with Crippen LogP contribution in [0, 0.1) is 5.82 Å². The zero-order valence-electron chi connectivity index (χ0n) is 8.46. The summed E-state index contributed by atoms with van der Waals surface area (Å²) >= 11 is 1.81. The standard InChI is InChI=1S/C9H13FN4S/c1-15-9(2-3-9)5-13-7-6(10)4-12-8(11)14-7/h4H,2-3,5H2,1H3,(H3,11,12,13,14). The molecule has 0 amide bonds. The Bertz CT molecular complexity index is 367. The summed E-state index contributed by atoms with van der Waals surface area (Å²) in [5, 5.41) is 2.98. The number of halogens is 1. The lowest BCUT2D eigenvalue weighted by Gasteiger charge is -2.13. The molecule has 0 aliphatic heterocycles. The highest BCUT2D eigenvalue weighted by Gasteiger charge is 2.41. The number of aromatic nitrogens is 2. The third kappa shape index (κ3) is 2.31.